The van der Waals surface area contributed by atoms with Gasteiger partial charge in [0.15, 0.2) is 5.78 Å². The van der Waals surface area contributed by atoms with Gasteiger partial charge in [-0.3, -0.25) is 25.0 Å². The molecule has 0 saturated carbocycles. The van der Waals surface area contributed by atoms with E-state index in [0.717, 1.165) is 5.56 Å². The molecule has 1 aliphatic heterocycles. The lowest BCUT2D eigenvalue weighted by atomic mass is 9.77. The van der Waals surface area contributed by atoms with E-state index in [1.165, 1.54) is 43.0 Å². The van der Waals surface area contributed by atoms with Crippen molar-refractivity contribution < 1.29 is 14.6 Å². The van der Waals surface area contributed by atoms with Crippen LogP contribution in [0, 0.1) is 37.5 Å². The number of para-hydroxylation sites is 1. The zero-order chi connectivity index (χ0) is 23.4. The van der Waals surface area contributed by atoms with Gasteiger partial charge < -0.3 is 0 Å². The van der Waals surface area contributed by atoms with Crippen molar-refractivity contribution in [3.8, 4) is 6.07 Å². The van der Waals surface area contributed by atoms with Crippen LogP contribution in [0.1, 0.15) is 30.9 Å². The number of Topliss-reactive ketones (excluding diaryl/α,β-unsaturated/α-hetero) is 1. The van der Waals surface area contributed by atoms with Crippen LogP contribution in [-0.2, 0) is 10.5 Å². The predicted octanol–water partition coefficient (Wildman–Crippen LogP) is 4.93. The molecule has 0 fully saturated rings. The molecule has 10 heteroatoms. The van der Waals surface area contributed by atoms with Crippen LogP contribution in [0.25, 0.3) is 0 Å². The molecule has 0 N–H and O–H groups in total. The smallest absolute Gasteiger partial charge is 0.273 e. The molecule has 32 heavy (non-hydrogen) atoms. The van der Waals surface area contributed by atoms with Gasteiger partial charge in [0.2, 0.25) is 0 Å². The van der Waals surface area contributed by atoms with Crippen molar-refractivity contribution in [3.05, 3.63) is 91.2 Å². The lowest BCUT2D eigenvalue weighted by molar-refractivity contribution is -0.385. The maximum absolute atomic E-state index is 12.4. The van der Waals surface area contributed by atoms with Gasteiger partial charge in [-0.15, -0.1) is 11.8 Å². The second-order valence-corrected chi connectivity index (χ2v) is 8.11. The molecule has 0 aliphatic carbocycles. The lowest BCUT2D eigenvalue weighted by Gasteiger charge is -2.29. The van der Waals surface area contributed by atoms with Crippen molar-refractivity contribution >= 4 is 34.0 Å². The number of carbonyl (C=O) groups excluding carboxylic acids is 1. The Morgan fingerprint density at radius 1 is 1.12 bits per heavy atom. The van der Waals surface area contributed by atoms with Crippen molar-refractivity contribution in [1.29, 1.82) is 5.26 Å². The number of aliphatic imine (C=N–C) groups is 1. The van der Waals surface area contributed by atoms with E-state index in [2.05, 4.69) is 11.1 Å². The molecule has 162 valence electrons. The van der Waals surface area contributed by atoms with Crippen LogP contribution < -0.4 is 0 Å². The summed E-state index contributed by atoms with van der Waals surface area (Å²) in [7, 11) is 0. The van der Waals surface area contributed by atoms with Crippen LogP contribution >= 0.6 is 11.8 Å². The topological polar surface area (TPSA) is 140 Å². The number of ketones is 1. The fourth-order valence-corrected chi connectivity index (χ4v) is 4.75. The fraction of sp³-hybridized carbons (Fsp3) is 0.227. The third-order valence-corrected chi connectivity index (χ3v) is 6.22. The number of nitro groups is 2. The molecule has 1 heterocycles. The van der Waals surface area contributed by atoms with Gasteiger partial charge in [-0.1, -0.05) is 30.3 Å². The number of hydrogen-bond acceptors (Lipinski definition) is 8. The summed E-state index contributed by atoms with van der Waals surface area (Å²) in [6.07, 6.45) is 0. The first-order valence-electron chi connectivity index (χ1n) is 9.54. The zero-order valence-corrected chi connectivity index (χ0v) is 18.0. The number of nitro benzene ring substituents is 2. The predicted molar refractivity (Wildman–Crippen MR) is 120 cm³/mol. The molecule has 0 aromatic heterocycles. The van der Waals surface area contributed by atoms with Crippen LogP contribution in [0.2, 0.25) is 0 Å². The maximum Gasteiger partial charge on any atom is 0.273 e. The molecular weight excluding hydrogens is 432 g/mol. The summed E-state index contributed by atoms with van der Waals surface area (Å²) in [5, 5.41) is 32.9. The molecule has 2 aromatic carbocycles. The molecule has 1 aliphatic rings. The normalized spacial score (nSPS) is 18.0. The largest absolute Gasteiger partial charge is 0.295 e. The van der Waals surface area contributed by atoms with E-state index >= 15 is 0 Å². The summed E-state index contributed by atoms with van der Waals surface area (Å²) in [4.78, 5) is 38.4. The first kappa shape index (κ1) is 22.8. The number of non-ortho nitro benzene ring substituents is 1. The quantitative estimate of drug-likeness (QED) is 0.449. The van der Waals surface area contributed by atoms with E-state index in [0.29, 0.717) is 16.5 Å². The van der Waals surface area contributed by atoms with Crippen molar-refractivity contribution in [3.63, 3.8) is 0 Å². The average molecular weight is 450 g/mol. The number of allylic oxidation sites excluding steroid dienone is 2. The summed E-state index contributed by atoms with van der Waals surface area (Å²) in [6.45, 7) is 3.01. The highest BCUT2D eigenvalue weighted by atomic mass is 32.2. The van der Waals surface area contributed by atoms with E-state index in [9.17, 15) is 30.3 Å². The summed E-state index contributed by atoms with van der Waals surface area (Å²) in [5.41, 5.74) is 1.60. The molecule has 0 bridgehead atoms. The molecule has 2 unspecified atom stereocenters. The van der Waals surface area contributed by atoms with Gasteiger partial charge in [0, 0.05) is 46.7 Å². The molecule has 0 radical (unpaired) electrons. The molecular formula is C22H18N4O5S. The maximum atomic E-state index is 12.4. The van der Waals surface area contributed by atoms with Gasteiger partial charge in [-0.25, -0.2) is 4.99 Å². The molecule has 0 saturated heterocycles. The first-order valence-corrected chi connectivity index (χ1v) is 10.5. The number of benzene rings is 2. The number of rotatable bonds is 6. The Kier molecular flexibility index (Phi) is 6.80. The number of thioether (sulfide) groups is 1. The van der Waals surface area contributed by atoms with E-state index < -0.39 is 21.7 Å². The fourth-order valence-electron chi connectivity index (χ4n) is 3.68. The van der Waals surface area contributed by atoms with Gasteiger partial charge in [0.1, 0.15) is 5.92 Å². The summed E-state index contributed by atoms with van der Waals surface area (Å²) in [6, 6.07) is 14.3. The van der Waals surface area contributed by atoms with Crippen LogP contribution in [0.5, 0.6) is 0 Å². The number of nitrogens with zero attached hydrogens (tertiary/aromatic N) is 4. The molecule has 3 rings (SSSR count). The van der Waals surface area contributed by atoms with E-state index in [1.807, 2.05) is 0 Å². The first-order chi connectivity index (χ1) is 15.2. The number of hydrogen-bond donors (Lipinski definition) is 0. The molecule has 2 aromatic rings. The van der Waals surface area contributed by atoms with Crippen molar-refractivity contribution in [1.82, 2.24) is 0 Å². The Labute approximate surface area is 187 Å². The molecule has 2 atom stereocenters. The minimum Gasteiger partial charge on any atom is -0.295 e. The monoisotopic (exact) mass is 450 g/mol. The summed E-state index contributed by atoms with van der Waals surface area (Å²) < 4.78 is 0. The number of carbonyl (C=O) groups is 1. The second-order valence-electron chi connectivity index (χ2n) is 7.12. The van der Waals surface area contributed by atoms with Crippen LogP contribution in [-0.4, -0.2) is 20.7 Å². The Morgan fingerprint density at radius 2 is 1.78 bits per heavy atom. The molecule has 0 amide bonds. The van der Waals surface area contributed by atoms with Crippen molar-refractivity contribution in [2.24, 2.45) is 10.9 Å². The second kappa shape index (κ2) is 9.53. The minimum atomic E-state index is -0.887. The van der Waals surface area contributed by atoms with Gasteiger partial charge >= 0.3 is 0 Å². The third kappa shape index (κ3) is 4.58. The lowest BCUT2D eigenvalue weighted by Crippen LogP contribution is -2.28. The Balaban J connectivity index is 2.00. The average Bonchev–Trinajstić information content (AvgIpc) is 2.77. The molecule has 0 spiro atoms. The van der Waals surface area contributed by atoms with Gasteiger partial charge in [-0.05, 0) is 19.4 Å². The number of nitriles is 1. The van der Waals surface area contributed by atoms with E-state index in [-0.39, 0.29) is 28.3 Å². The zero-order valence-electron chi connectivity index (χ0n) is 17.2. The Bertz CT molecular complexity index is 1200. The summed E-state index contributed by atoms with van der Waals surface area (Å²) in [5.74, 6) is -1.62. The van der Waals surface area contributed by atoms with Crippen LogP contribution in [0.3, 0.4) is 0 Å². The minimum absolute atomic E-state index is 0.0232. The highest BCUT2D eigenvalue weighted by molar-refractivity contribution is 8.13. The van der Waals surface area contributed by atoms with Gasteiger partial charge in [-0.2, -0.15) is 5.26 Å². The van der Waals surface area contributed by atoms with E-state index in [4.69, 9.17) is 0 Å². The van der Waals surface area contributed by atoms with Gasteiger partial charge in [0.25, 0.3) is 11.4 Å². The third-order valence-electron chi connectivity index (χ3n) is 5.10. The summed E-state index contributed by atoms with van der Waals surface area (Å²) >= 11 is 1.27. The highest BCUT2D eigenvalue weighted by Gasteiger charge is 2.40. The highest BCUT2D eigenvalue weighted by Crippen LogP contribution is 2.44. The van der Waals surface area contributed by atoms with Crippen molar-refractivity contribution in [2.45, 2.75) is 25.5 Å². The Hall–Kier alpha value is -3.84. The van der Waals surface area contributed by atoms with Gasteiger partial charge in [0.05, 0.1) is 21.0 Å². The SMILES string of the molecule is CC(=O)C1=C(C)N=C(SCc2ccc([N+](=O)[O-])cc2)C(C#N)C1c1ccccc1[N+](=O)[O-]. The van der Waals surface area contributed by atoms with Crippen molar-refractivity contribution in [2.75, 3.05) is 0 Å². The van der Waals surface area contributed by atoms with E-state index in [1.54, 1.807) is 31.2 Å². The molecule has 9 nitrogen and oxygen atoms in total. The van der Waals surface area contributed by atoms with Crippen LogP contribution in [0.4, 0.5) is 11.4 Å². The Morgan fingerprint density at radius 3 is 2.34 bits per heavy atom. The van der Waals surface area contributed by atoms with Crippen LogP contribution in [0.15, 0.2) is 64.8 Å². The standard InChI is InChI=1S/C22H18N4O5S/c1-13-20(14(2)27)21(17-5-3-4-6-19(17)26(30)31)18(11-23)22(24-13)32-12-15-7-9-16(10-8-15)25(28)29/h3-10,18,21H,12H2,1-2H3.